The molecule has 3 nitrogen and oxygen atoms in total. The van der Waals surface area contributed by atoms with Crippen molar-refractivity contribution in [2.75, 3.05) is 19.6 Å². The monoisotopic (exact) mass is 289 g/mol. The molecular weight excluding hydrogens is 270 g/mol. The smallest absolute Gasteiger partial charge is 0.139 e. The van der Waals surface area contributed by atoms with E-state index in [1.807, 2.05) is 24.4 Å². The van der Waals surface area contributed by atoms with E-state index in [4.69, 9.17) is 11.6 Å². The lowest BCUT2D eigenvalue weighted by Crippen LogP contribution is -2.21. The second-order valence-corrected chi connectivity index (χ2v) is 5.79. The highest BCUT2D eigenvalue weighted by molar-refractivity contribution is 6.30. The van der Waals surface area contributed by atoms with Crippen molar-refractivity contribution in [1.29, 1.82) is 0 Å². The van der Waals surface area contributed by atoms with Crippen molar-refractivity contribution in [3.8, 4) is 11.4 Å². The predicted molar refractivity (Wildman–Crippen MR) is 83.0 cm³/mol. The van der Waals surface area contributed by atoms with Gasteiger partial charge in [-0.15, -0.1) is 0 Å². The number of rotatable bonds is 5. The van der Waals surface area contributed by atoms with Gasteiger partial charge in [0.15, 0.2) is 0 Å². The van der Waals surface area contributed by atoms with Crippen LogP contribution in [0.3, 0.4) is 0 Å². The number of aromatic nitrogens is 2. The maximum atomic E-state index is 6.06. The molecule has 1 fully saturated rings. The molecule has 0 amide bonds. The normalized spacial score (nSPS) is 15.8. The molecule has 0 spiro atoms. The van der Waals surface area contributed by atoms with Crippen LogP contribution in [0.4, 0.5) is 0 Å². The van der Waals surface area contributed by atoms with Gasteiger partial charge >= 0.3 is 0 Å². The molecule has 2 aromatic rings. The summed E-state index contributed by atoms with van der Waals surface area (Å²) in [5.41, 5.74) is 1.09. The first kappa shape index (κ1) is 13.7. The fourth-order valence-electron chi connectivity index (χ4n) is 2.85. The molecular formula is C16H20ClN3. The van der Waals surface area contributed by atoms with E-state index in [0.29, 0.717) is 0 Å². The Morgan fingerprint density at radius 2 is 2.00 bits per heavy atom. The standard InChI is InChI=1S/C16H20ClN3/c17-15-6-3-5-14(13-15)16-18-7-12-20(16)11-4-10-19-8-1-2-9-19/h3,5-7,12-13H,1-2,4,8-11H2. The summed E-state index contributed by atoms with van der Waals surface area (Å²) in [6, 6.07) is 7.90. The van der Waals surface area contributed by atoms with Gasteiger partial charge in [-0.05, 0) is 51.0 Å². The minimum Gasteiger partial charge on any atom is -0.331 e. The summed E-state index contributed by atoms with van der Waals surface area (Å²) in [5, 5.41) is 0.758. The Bertz CT molecular complexity index is 558. The zero-order valence-corrected chi connectivity index (χ0v) is 12.4. The van der Waals surface area contributed by atoms with Gasteiger partial charge in [0.05, 0.1) is 0 Å². The minimum atomic E-state index is 0.758. The maximum absolute atomic E-state index is 6.06. The number of imidazole rings is 1. The third kappa shape index (κ3) is 3.22. The first-order valence-corrected chi connectivity index (χ1v) is 7.70. The summed E-state index contributed by atoms with van der Waals surface area (Å²) in [6.45, 7) is 4.74. The molecule has 0 aliphatic carbocycles. The topological polar surface area (TPSA) is 21.1 Å². The molecule has 2 heterocycles. The fraction of sp³-hybridized carbons (Fsp3) is 0.438. The molecule has 1 aromatic heterocycles. The average molecular weight is 290 g/mol. The van der Waals surface area contributed by atoms with Crippen LogP contribution in [0.15, 0.2) is 36.7 Å². The van der Waals surface area contributed by atoms with Gasteiger partial charge in [0.25, 0.3) is 0 Å². The Labute approximate surface area is 125 Å². The van der Waals surface area contributed by atoms with Crippen LogP contribution in [-0.4, -0.2) is 34.1 Å². The molecule has 1 aliphatic heterocycles. The van der Waals surface area contributed by atoms with Crippen molar-refractivity contribution in [1.82, 2.24) is 14.5 Å². The average Bonchev–Trinajstić information content (AvgIpc) is 3.10. The van der Waals surface area contributed by atoms with Gasteiger partial charge < -0.3 is 9.47 Å². The van der Waals surface area contributed by atoms with E-state index >= 15 is 0 Å². The number of aryl methyl sites for hydroxylation is 1. The number of nitrogens with zero attached hydrogens (tertiary/aromatic N) is 3. The number of halogens is 1. The van der Waals surface area contributed by atoms with Crippen molar-refractivity contribution < 1.29 is 0 Å². The molecule has 106 valence electrons. The van der Waals surface area contributed by atoms with E-state index in [2.05, 4.69) is 26.7 Å². The lowest BCUT2D eigenvalue weighted by Gasteiger charge is -2.15. The minimum absolute atomic E-state index is 0.758. The van der Waals surface area contributed by atoms with Crippen LogP contribution < -0.4 is 0 Å². The second-order valence-electron chi connectivity index (χ2n) is 5.36. The summed E-state index contributed by atoms with van der Waals surface area (Å²) in [5.74, 6) is 1.01. The van der Waals surface area contributed by atoms with Gasteiger partial charge in [-0.3, -0.25) is 0 Å². The third-order valence-electron chi connectivity index (χ3n) is 3.87. The van der Waals surface area contributed by atoms with Gasteiger partial charge in [0, 0.05) is 29.5 Å². The largest absolute Gasteiger partial charge is 0.331 e. The van der Waals surface area contributed by atoms with Crippen LogP contribution in [0.25, 0.3) is 11.4 Å². The fourth-order valence-corrected chi connectivity index (χ4v) is 3.04. The second kappa shape index (κ2) is 6.42. The number of likely N-dealkylation sites (tertiary alicyclic amines) is 1. The molecule has 0 radical (unpaired) electrons. The van der Waals surface area contributed by atoms with Gasteiger partial charge in [-0.2, -0.15) is 0 Å². The first-order valence-electron chi connectivity index (χ1n) is 7.32. The van der Waals surface area contributed by atoms with Crippen molar-refractivity contribution >= 4 is 11.6 Å². The van der Waals surface area contributed by atoms with Gasteiger partial charge in [-0.1, -0.05) is 23.7 Å². The zero-order valence-electron chi connectivity index (χ0n) is 11.6. The van der Waals surface area contributed by atoms with Gasteiger partial charge in [-0.25, -0.2) is 4.98 Å². The quantitative estimate of drug-likeness (QED) is 0.837. The summed E-state index contributed by atoms with van der Waals surface area (Å²) in [6.07, 6.45) is 7.81. The molecule has 3 rings (SSSR count). The Balaban J connectivity index is 1.64. The molecule has 0 atom stereocenters. The van der Waals surface area contributed by atoms with Crippen molar-refractivity contribution in [3.05, 3.63) is 41.7 Å². The van der Waals surface area contributed by atoms with Gasteiger partial charge in [0.1, 0.15) is 5.82 Å². The van der Waals surface area contributed by atoms with Crippen LogP contribution in [0, 0.1) is 0 Å². The highest BCUT2D eigenvalue weighted by Crippen LogP contribution is 2.21. The van der Waals surface area contributed by atoms with Crippen LogP contribution in [-0.2, 0) is 6.54 Å². The number of benzene rings is 1. The summed E-state index contributed by atoms with van der Waals surface area (Å²) < 4.78 is 2.22. The molecule has 0 unspecified atom stereocenters. The third-order valence-corrected chi connectivity index (χ3v) is 4.11. The van der Waals surface area contributed by atoms with E-state index in [1.54, 1.807) is 0 Å². The predicted octanol–water partition coefficient (Wildman–Crippen LogP) is 3.69. The number of hydrogen-bond donors (Lipinski definition) is 0. The summed E-state index contributed by atoms with van der Waals surface area (Å²) >= 11 is 6.06. The van der Waals surface area contributed by atoms with Crippen molar-refractivity contribution in [2.45, 2.75) is 25.8 Å². The molecule has 20 heavy (non-hydrogen) atoms. The first-order chi connectivity index (χ1) is 9.83. The Morgan fingerprint density at radius 3 is 2.80 bits per heavy atom. The summed E-state index contributed by atoms with van der Waals surface area (Å²) in [7, 11) is 0. The molecule has 0 saturated carbocycles. The van der Waals surface area contributed by atoms with Gasteiger partial charge in [0.2, 0.25) is 0 Å². The molecule has 1 saturated heterocycles. The number of hydrogen-bond acceptors (Lipinski definition) is 2. The molecule has 0 N–H and O–H groups in total. The van der Waals surface area contributed by atoms with E-state index in [-0.39, 0.29) is 0 Å². The zero-order chi connectivity index (χ0) is 13.8. The maximum Gasteiger partial charge on any atom is 0.139 e. The molecule has 0 bridgehead atoms. The Kier molecular flexibility index (Phi) is 4.38. The molecule has 1 aromatic carbocycles. The Morgan fingerprint density at radius 1 is 1.15 bits per heavy atom. The van der Waals surface area contributed by atoms with E-state index in [1.165, 1.54) is 38.9 Å². The van der Waals surface area contributed by atoms with Crippen LogP contribution in [0.5, 0.6) is 0 Å². The Hall–Kier alpha value is -1.32. The van der Waals surface area contributed by atoms with Crippen molar-refractivity contribution in [3.63, 3.8) is 0 Å². The molecule has 4 heteroatoms. The van der Waals surface area contributed by atoms with E-state index in [0.717, 1.165) is 23.0 Å². The van der Waals surface area contributed by atoms with E-state index in [9.17, 15) is 0 Å². The van der Waals surface area contributed by atoms with Crippen LogP contribution >= 0.6 is 11.6 Å². The molecule has 1 aliphatic rings. The highest BCUT2D eigenvalue weighted by atomic mass is 35.5. The lowest BCUT2D eigenvalue weighted by molar-refractivity contribution is 0.325. The lowest BCUT2D eigenvalue weighted by atomic mass is 10.2. The SMILES string of the molecule is Clc1cccc(-c2nccn2CCCN2CCCC2)c1. The highest BCUT2D eigenvalue weighted by Gasteiger charge is 2.11. The van der Waals surface area contributed by atoms with E-state index < -0.39 is 0 Å². The van der Waals surface area contributed by atoms with Crippen LogP contribution in [0.1, 0.15) is 19.3 Å². The van der Waals surface area contributed by atoms with Crippen LogP contribution in [0.2, 0.25) is 5.02 Å². The van der Waals surface area contributed by atoms with Crippen molar-refractivity contribution in [2.24, 2.45) is 0 Å². The summed E-state index contributed by atoms with van der Waals surface area (Å²) in [4.78, 5) is 7.02.